The summed E-state index contributed by atoms with van der Waals surface area (Å²) >= 11 is -0.339. The lowest BCUT2D eigenvalue weighted by molar-refractivity contribution is -0.156. The number of nitrogens with two attached hydrogens (primary N) is 1. The summed E-state index contributed by atoms with van der Waals surface area (Å²) in [6.07, 6.45) is 11.6. The van der Waals surface area contributed by atoms with E-state index in [0.29, 0.717) is 29.9 Å². The van der Waals surface area contributed by atoms with Crippen LogP contribution in [-0.4, -0.2) is 23.5 Å². The molecule has 33 heavy (non-hydrogen) atoms. The predicted molar refractivity (Wildman–Crippen MR) is 139 cm³/mol. The first-order valence-electron chi connectivity index (χ1n) is 12.1. The molecule has 0 spiro atoms. The van der Waals surface area contributed by atoms with E-state index in [2.05, 4.69) is 18.2 Å². The molecular weight excluding hydrogens is 527 g/mol. The van der Waals surface area contributed by atoms with E-state index in [-0.39, 0.29) is 32.9 Å². The molecule has 1 aliphatic heterocycles. The smallest absolute Gasteiger partial charge is 0.306 e. The number of nitrogens with zero attached hydrogens (tertiary/aromatic N) is 1. The van der Waals surface area contributed by atoms with Crippen LogP contribution in [0.25, 0.3) is 5.57 Å². The van der Waals surface area contributed by atoms with Gasteiger partial charge in [-0.1, -0.05) is 24.3 Å². The number of fused-ring (bicyclic) bond motifs is 1. The van der Waals surface area contributed by atoms with Crippen molar-refractivity contribution < 1.29 is 14.3 Å². The van der Waals surface area contributed by atoms with Crippen LogP contribution in [0.2, 0.25) is 0 Å². The Morgan fingerprint density at radius 3 is 2.52 bits per heavy atom. The number of hydrogen-bond donors (Lipinski definition) is 1. The quantitative estimate of drug-likeness (QED) is 0.350. The Kier molecular flexibility index (Phi) is 7.51. The number of hydrogen-bond acceptors (Lipinski definition) is 4. The molecule has 0 saturated heterocycles. The molecule has 1 aromatic rings. The van der Waals surface area contributed by atoms with Gasteiger partial charge >= 0.3 is 5.97 Å². The zero-order chi connectivity index (χ0) is 23.6. The lowest BCUT2D eigenvalue weighted by atomic mass is 9.76. The maximum Gasteiger partial charge on any atom is 0.306 e. The Morgan fingerprint density at radius 2 is 1.88 bits per heavy atom. The molecule has 1 aromatic carbocycles. The van der Waals surface area contributed by atoms with Crippen molar-refractivity contribution in [2.24, 2.45) is 20.7 Å². The van der Waals surface area contributed by atoms with Crippen molar-refractivity contribution in [2.45, 2.75) is 83.8 Å². The van der Waals surface area contributed by atoms with E-state index >= 15 is 0 Å². The van der Waals surface area contributed by atoms with Gasteiger partial charge in [0.1, 0.15) is 5.60 Å². The molecule has 0 aromatic heterocycles. The maximum absolute atomic E-state index is 12.2. The van der Waals surface area contributed by atoms with Gasteiger partial charge in [0.05, 0.1) is 6.04 Å². The number of allylic oxidation sites excluding steroid dienone is 3. The number of halogens is 1. The van der Waals surface area contributed by atoms with Crippen LogP contribution < -0.4 is 5.73 Å². The Hall–Kier alpha value is -1.83. The van der Waals surface area contributed by atoms with Crippen LogP contribution in [0.1, 0.15) is 76.8 Å². The molecule has 0 bridgehead atoms. The van der Waals surface area contributed by atoms with E-state index in [1.165, 1.54) is 33.1 Å². The topological polar surface area (TPSA) is 81.8 Å². The average Bonchev–Trinajstić information content (AvgIpc) is 2.77. The van der Waals surface area contributed by atoms with Crippen LogP contribution in [-0.2, 0) is 20.7 Å². The highest BCUT2D eigenvalue weighted by Crippen LogP contribution is 2.40. The molecule has 5 nitrogen and oxygen atoms in total. The number of rotatable bonds is 5. The summed E-state index contributed by atoms with van der Waals surface area (Å²) in [5, 5.41) is 0. The first-order valence-corrected chi connectivity index (χ1v) is 14.1. The summed E-state index contributed by atoms with van der Waals surface area (Å²) in [6.45, 7) is 5.79. The molecule has 2 N–H and O–H groups in total. The van der Waals surface area contributed by atoms with Gasteiger partial charge in [0.2, 0.25) is 5.91 Å². The van der Waals surface area contributed by atoms with Crippen LogP contribution in [0.4, 0.5) is 0 Å². The monoisotopic (exact) mass is 562 g/mol. The highest BCUT2D eigenvalue weighted by Gasteiger charge is 2.31. The van der Waals surface area contributed by atoms with E-state index in [0.717, 1.165) is 32.1 Å². The lowest BCUT2D eigenvalue weighted by Crippen LogP contribution is -2.29. The van der Waals surface area contributed by atoms with Gasteiger partial charge in [0, 0.05) is 36.6 Å². The van der Waals surface area contributed by atoms with Gasteiger partial charge < -0.3 is 10.5 Å². The standard InChI is InChI=1S/C27H35IN2O3/c1-27(2,3)33-25(31)14-17-4-6-19(7-5-17)24-16-22-13-12-21(15-23(22)28-30-24)18-8-10-20(11-9-18)26(29)32/h8,10,12-13,15,17,19,24H,4-7,9,11,14,16H2,1-3H3,(H2,29,32). The molecule has 3 aliphatic rings. The third-order valence-corrected chi connectivity index (χ3v) is 9.41. The number of esters is 1. The van der Waals surface area contributed by atoms with Crippen molar-refractivity contribution in [3.8, 4) is 0 Å². The number of carbonyl (C=O) groups excluding carboxylic acids is 2. The fourth-order valence-corrected chi connectivity index (χ4v) is 7.59. The van der Waals surface area contributed by atoms with Gasteiger partial charge in [0.25, 0.3) is 0 Å². The Balaban J connectivity index is 1.33. The molecule has 0 radical (unpaired) electrons. The minimum absolute atomic E-state index is 0.0571. The average molecular weight is 562 g/mol. The van der Waals surface area contributed by atoms with Crippen molar-refractivity contribution in [1.29, 1.82) is 0 Å². The largest absolute Gasteiger partial charge is 0.460 e. The molecular formula is C27H35IN2O3. The normalized spacial score (nSPS) is 25.2. The summed E-state index contributed by atoms with van der Waals surface area (Å²) < 4.78 is 12.1. The second-order valence-electron chi connectivity index (χ2n) is 10.6. The van der Waals surface area contributed by atoms with Crippen molar-refractivity contribution >= 4 is 38.5 Å². The highest BCUT2D eigenvalue weighted by atomic mass is 127. The fourth-order valence-electron chi connectivity index (χ4n) is 5.09. The zero-order valence-corrected chi connectivity index (χ0v) is 22.1. The molecule has 1 fully saturated rings. The van der Waals surface area contributed by atoms with Crippen molar-refractivity contribution in [1.82, 2.24) is 0 Å². The van der Waals surface area contributed by atoms with Crippen LogP contribution in [0, 0.1) is 15.4 Å². The summed E-state index contributed by atoms with van der Waals surface area (Å²) in [4.78, 5) is 23.5. The number of ether oxygens (including phenoxy) is 1. The predicted octanol–water partition coefficient (Wildman–Crippen LogP) is 6.06. The molecule has 6 heteroatoms. The molecule has 1 unspecified atom stereocenters. The minimum Gasteiger partial charge on any atom is -0.460 e. The van der Waals surface area contributed by atoms with Gasteiger partial charge in [0.15, 0.2) is 0 Å². The van der Waals surface area contributed by atoms with Crippen LogP contribution in [0.3, 0.4) is 0 Å². The first kappa shape index (κ1) is 24.3. The molecule has 4 rings (SSSR count). The summed E-state index contributed by atoms with van der Waals surface area (Å²) in [7, 11) is 0. The summed E-state index contributed by atoms with van der Waals surface area (Å²) in [5.41, 5.74) is 9.71. The van der Waals surface area contributed by atoms with Gasteiger partial charge in [-0.15, -0.1) is 0 Å². The lowest BCUT2D eigenvalue weighted by Gasteiger charge is -2.33. The zero-order valence-electron chi connectivity index (χ0n) is 19.9. The third-order valence-electron chi connectivity index (χ3n) is 6.89. The molecule has 178 valence electrons. The van der Waals surface area contributed by atoms with E-state index in [9.17, 15) is 9.59 Å². The van der Waals surface area contributed by atoms with Crippen molar-refractivity contribution in [2.75, 3.05) is 0 Å². The molecule has 1 saturated carbocycles. The first-order chi connectivity index (χ1) is 15.7. The van der Waals surface area contributed by atoms with Crippen LogP contribution >= 0.6 is 21.0 Å². The number of benzene rings is 1. The van der Waals surface area contributed by atoms with E-state index < -0.39 is 5.60 Å². The van der Waals surface area contributed by atoms with E-state index in [1.54, 1.807) is 0 Å². The highest BCUT2D eigenvalue weighted by molar-refractivity contribution is 14.2. The summed E-state index contributed by atoms with van der Waals surface area (Å²) in [5.74, 6) is 0.728. The van der Waals surface area contributed by atoms with Gasteiger partial charge in [-0.05, 0) is 100 Å². The second-order valence-corrected chi connectivity index (χ2v) is 12.8. The Labute approximate surface area is 207 Å². The number of primary amides is 1. The minimum atomic E-state index is -0.400. The van der Waals surface area contributed by atoms with Crippen molar-refractivity contribution in [3.05, 3.63) is 50.6 Å². The van der Waals surface area contributed by atoms with E-state index in [4.69, 9.17) is 13.6 Å². The molecule has 2 aliphatic carbocycles. The number of amides is 1. The second kappa shape index (κ2) is 10.2. The van der Waals surface area contributed by atoms with Gasteiger partial charge in [-0.25, -0.2) is 0 Å². The molecule has 1 heterocycles. The fraction of sp³-hybridized carbons (Fsp3) is 0.556. The Bertz CT molecular complexity index is 1010. The maximum atomic E-state index is 12.2. The molecule has 1 atom stereocenters. The molecule has 1 amide bonds. The van der Waals surface area contributed by atoms with Gasteiger partial charge in [-0.2, -0.15) is 0 Å². The van der Waals surface area contributed by atoms with Gasteiger partial charge in [-0.3, -0.25) is 12.7 Å². The summed E-state index contributed by atoms with van der Waals surface area (Å²) in [6, 6.07) is 7.30. The SMILES string of the molecule is CC(C)(C)OC(=O)CC1CCC(C2Cc3ccc(C4=CC=C(C(N)=O)CC4)cc3I=N2)CC1. The number of carbonyl (C=O) groups is 2. The third kappa shape index (κ3) is 6.40. The van der Waals surface area contributed by atoms with Crippen LogP contribution in [0.5, 0.6) is 0 Å². The Morgan fingerprint density at radius 1 is 1.12 bits per heavy atom. The van der Waals surface area contributed by atoms with E-state index in [1.807, 2.05) is 32.9 Å². The van der Waals surface area contributed by atoms with Crippen LogP contribution in [0.15, 0.2) is 39.1 Å². The van der Waals surface area contributed by atoms with Crippen molar-refractivity contribution in [3.63, 3.8) is 0 Å².